The minimum absolute atomic E-state index is 0.204. The van der Waals surface area contributed by atoms with Crippen LogP contribution in [0, 0.1) is 0 Å². The van der Waals surface area contributed by atoms with Crippen molar-refractivity contribution < 1.29 is 11.0 Å². The van der Waals surface area contributed by atoms with E-state index < -0.39 is 24.2 Å². The molecule has 0 aliphatic rings. The third-order valence-corrected chi connectivity index (χ3v) is 7.75. The van der Waals surface area contributed by atoms with Crippen molar-refractivity contribution in [3.05, 3.63) is 145 Å². The van der Waals surface area contributed by atoms with E-state index in [2.05, 4.69) is 17.6 Å². The number of hydrogen-bond acceptors (Lipinski definition) is 1. The fourth-order valence-corrected chi connectivity index (χ4v) is 5.94. The van der Waals surface area contributed by atoms with Gasteiger partial charge in [0.25, 0.3) is 0 Å². The van der Waals surface area contributed by atoms with E-state index in [4.69, 9.17) is 16.0 Å². The molecule has 2 nitrogen and oxygen atoms in total. The first kappa shape index (κ1) is 16.8. The fraction of sp³-hybridized carbons (Fsp3) is 0.0513. The van der Waals surface area contributed by atoms with Crippen molar-refractivity contribution >= 4 is 43.4 Å². The Labute approximate surface area is 250 Å². The summed E-state index contributed by atoms with van der Waals surface area (Å²) in [4.78, 5) is 4.82. The van der Waals surface area contributed by atoms with Gasteiger partial charge in [-0.1, -0.05) is 116 Å². The Hall–Kier alpha value is -5.21. The molecule has 0 aliphatic heterocycles. The summed E-state index contributed by atoms with van der Waals surface area (Å²) in [7, 11) is 0. The molecule has 0 aliphatic carbocycles. The van der Waals surface area contributed by atoms with Crippen LogP contribution in [0.3, 0.4) is 0 Å². The molecule has 1 heterocycles. The molecule has 41 heavy (non-hydrogen) atoms. The summed E-state index contributed by atoms with van der Waals surface area (Å²) < 4.78 is 73.1. The normalized spacial score (nSPS) is 14.4. The van der Waals surface area contributed by atoms with Crippen LogP contribution in [-0.2, 0) is 6.42 Å². The summed E-state index contributed by atoms with van der Waals surface area (Å²) in [6, 6.07) is 26.1. The third kappa shape index (κ3) is 3.76. The largest absolute Gasteiger partial charge is 0.296 e. The predicted molar refractivity (Wildman–Crippen MR) is 174 cm³/mol. The average molecular weight is 533 g/mol. The molecule has 0 radical (unpaired) electrons. The third-order valence-electron chi connectivity index (χ3n) is 7.75. The van der Waals surface area contributed by atoms with Gasteiger partial charge < -0.3 is 0 Å². The summed E-state index contributed by atoms with van der Waals surface area (Å²) >= 11 is 0. The first-order chi connectivity index (χ1) is 23.6. The number of benzene rings is 7. The van der Waals surface area contributed by atoms with Crippen LogP contribution in [0.15, 0.2) is 139 Å². The number of fused-ring (bicyclic) bond motifs is 4. The van der Waals surface area contributed by atoms with E-state index in [1.54, 1.807) is 24.3 Å². The number of rotatable bonds is 4. The Morgan fingerprint density at radius 1 is 0.610 bits per heavy atom. The van der Waals surface area contributed by atoms with Crippen LogP contribution in [-0.4, -0.2) is 9.55 Å². The number of hydrogen-bond donors (Lipinski definition) is 0. The lowest BCUT2D eigenvalue weighted by molar-refractivity contribution is 0.909. The van der Waals surface area contributed by atoms with Gasteiger partial charge in [-0.3, -0.25) is 4.57 Å². The van der Waals surface area contributed by atoms with Gasteiger partial charge in [0.05, 0.1) is 22.0 Å². The van der Waals surface area contributed by atoms with Gasteiger partial charge in [0.15, 0.2) is 0 Å². The zero-order valence-electron chi connectivity index (χ0n) is 30.3. The van der Waals surface area contributed by atoms with Crippen LogP contribution in [0.5, 0.6) is 0 Å². The molecule has 0 bridgehead atoms. The van der Waals surface area contributed by atoms with E-state index in [-0.39, 0.29) is 45.7 Å². The molecule has 0 saturated carbocycles. The smallest absolute Gasteiger partial charge is 0.114 e. The van der Waals surface area contributed by atoms with E-state index in [0.717, 1.165) is 39.7 Å². The van der Waals surface area contributed by atoms with Gasteiger partial charge in [-0.25, -0.2) is 4.98 Å². The van der Waals surface area contributed by atoms with Gasteiger partial charge in [0, 0.05) is 12.1 Å². The Bertz CT molecular complexity index is 2600. The minimum Gasteiger partial charge on any atom is -0.296 e. The lowest BCUT2D eigenvalue weighted by atomic mass is 9.85. The van der Waals surface area contributed by atoms with Gasteiger partial charge >= 0.3 is 0 Å². The molecule has 0 spiro atoms. The fourth-order valence-electron chi connectivity index (χ4n) is 5.94. The highest BCUT2D eigenvalue weighted by molar-refractivity contribution is 6.21. The molecular weight excluding hydrogens is 496 g/mol. The monoisotopic (exact) mass is 532 g/mol. The van der Waals surface area contributed by atoms with Crippen LogP contribution >= 0.6 is 0 Å². The van der Waals surface area contributed by atoms with Gasteiger partial charge in [0.2, 0.25) is 0 Å². The van der Waals surface area contributed by atoms with Gasteiger partial charge in [0.1, 0.15) is 5.82 Å². The summed E-state index contributed by atoms with van der Waals surface area (Å²) in [6.07, 6.45) is 0.752. The summed E-state index contributed by atoms with van der Waals surface area (Å²) in [5.41, 5.74) is 4.73. The van der Waals surface area contributed by atoms with E-state index in [1.807, 2.05) is 60.7 Å². The number of aromatic nitrogens is 2. The van der Waals surface area contributed by atoms with Crippen LogP contribution in [0.4, 0.5) is 0 Å². The van der Waals surface area contributed by atoms with Crippen LogP contribution in [0.2, 0.25) is 0 Å². The average Bonchev–Trinajstić information content (AvgIpc) is 3.52. The van der Waals surface area contributed by atoms with E-state index in [9.17, 15) is 0 Å². The topological polar surface area (TPSA) is 17.8 Å². The molecule has 0 fully saturated rings. The van der Waals surface area contributed by atoms with Crippen LogP contribution < -0.4 is 0 Å². The number of para-hydroxylation sites is 2. The Morgan fingerprint density at radius 2 is 1.20 bits per heavy atom. The summed E-state index contributed by atoms with van der Waals surface area (Å²) in [5.74, 6) is 0.942. The van der Waals surface area contributed by atoms with Crippen LogP contribution in [0.25, 0.3) is 71.3 Å². The molecule has 7 aromatic carbocycles. The SMILES string of the molecule is [2H]c1c([2H])c([2H])c2c(-c3ccc4cc(-n5c(CC)nc6ccccc65)ccc4c3)c3c([2H])c([2H])c([2H])c([2H])c3c(-c3ccccc3)c2c1[2H]. The molecule has 0 atom stereocenters. The van der Waals surface area contributed by atoms with Crippen molar-refractivity contribution in [1.82, 2.24) is 9.55 Å². The lowest BCUT2D eigenvalue weighted by Gasteiger charge is -2.18. The Balaban J connectivity index is 1.49. The van der Waals surface area contributed by atoms with Crippen molar-refractivity contribution in [2.45, 2.75) is 13.3 Å². The summed E-state index contributed by atoms with van der Waals surface area (Å²) in [5, 5.41) is 2.61. The first-order valence-corrected chi connectivity index (χ1v) is 13.6. The number of nitrogens with zero attached hydrogens (tertiary/aromatic N) is 2. The second-order valence-electron chi connectivity index (χ2n) is 10.1. The molecule has 0 amide bonds. The predicted octanol–water partition coefficient (Wildman–Crippen LogP) is 10.4. The summed E-state index contributed by atoms with van der Waals surface area (Å²) in [6.45, 7) is 2.08. The molecule has 8 rings (SSSR count). The lowest BCUT2D eigenvalue weighted by Crippen LogP contribution is -2.00. The molecule has 194 valence electrons. The Kier molecular flexibility index (Phi) is 3.88. The maximum Gasteiger partial charge on any atom is 0.114 e. The molecule has 2 heteroatoms. The molecule has 0 saturated heterocycles. The maximum absolute atomic E-state index is 9.15. The second kappa shape index (κ2) is 9.46. The molecule has 8 aromatic rings. The zero-order valence-corrected chi connectivity index (χ0v) is 22.3. The zero-order chi connectivity index (χ0) is 34.3. The van der Waals surface area contributed by atoms with Crippen LogP contribution in [0.1, 0.15) is 23.7 Å². The van der Waals surface area contributed by atoms with Gasteiger partial charge in [-0.05, 0) is 84.9 Å². The Morgan fingerprint density at radius 3 is 1.88 bits per heavy atom. The number of aryl methyl sites for hydroxylation is 1. The van der Waals surface area contributed by atoms with Crippen molar-refractivity contribution in [2.75, 3.05) is 0 Å². The molecule has 1 aromatic heterocycles. The minimum atomic E-state index is -0.414. The quantitative estimate of drug-likeness (QED) is 0.206. The van der Waals surface area contributed by atoms with Crippen molar-refractivity contribution in [2.24, 2.45) is 0 Å². The second-order valence-corrected chi connectivity index (χ2v) is 10.1. The highest BCUT2D eigenvalue weighted by Crippen LogP contribution is 2.44. The standard InChI is InChI=1S/C39H28N2/c1-2-37-40-35-18-10-11-19-36(35)41(37)30-23-22-27-24-29(21-20-28(27)25-30)39-33-16-8-6-14-31(33)38(26-12-4-3-5-13-26)32-15-7-9-17-34(32)39/h3-25H,2H2,1H3/i6D,7D,8D,9D,14D,15D,16D,17D. The molecule has 0 N–H and O–H groups in total. The maximum atomic E-state index is 9.15. The van der Waals surface area contributed by atoms with Gasteiger partial charge in [-0.2, -0.15) is 0 Å². The number of imidazole rings is 1. The molecule has 0 unspecified atom stereocenters. The molecular formula is C39H28N2. The van der Waals surface area contributed by atoms with E-state index in [0.29, 0.717) is 22.3 Å². The first-order valence-electron chi connectivity index (χ1n) is 17.6. The van der Waals surface area contributed by atoms with Crippen molar-refractivity contribution in [3.63, 3.8) is 0 Å². The van der Waals surface area contributed by atoms with Crippen molar-refractivity contribution in [3.8, 4) is 27.9 Å². The van der Waals surface area contributed by atoms with Crippen molar-refractivity contribution in [1.29, 1.82) is 0 Å². The van der Waals surface area contributed by atoms with E-state index in [1.165, 1.54) is 0 Å². The highest BCUT2D eigenvalue weighted by atomic mass is 15.1. The van der Waals surface area contributed by atoms with Gasteiger partial charge in [-0.15, -0.1) is 0 Å². The van der Waals surface area contributed by atoms with E-state index >= 15 is 0 Å². The highest BCUT2D eigenvalue weighted by Gasteiger charge is 2.17.